The van der Waals surface area contributed by atoms with E-state index in [1.54, 1.807) is 0 Å². The monoisotopic (exact) mass is 409 g/mol. The van der Waals surface area contributed by atoms with Crippen LogP contribution in [0.5, 0.6) is 11.5 Å². The molecule has 0 saturated heterocycles. The molecular weight excluding hydrogens is 390 g/mol. The van der Waals surface area contributed by atoms with Crippen LogP contribution < -0.4 is 9.47 Å². The maximum atomic E-state index is 6.01. The van der Waals surface area contributed by atoms with Crippen molar-refractivity contribution < 1.29 is 9.47 Å². The van der Waals surface area contributed by atoms with Crippen LogP contribution in [0.25, 0.3) is 0 Å². The lowest BCUT2D eigenvalue weighted by Crippen LogP contribution is -2.01. The van der Waals surface area contributed by atoms with Crippen molar-refractivity contribution in [3.05, 3.63) is 88.4 Å². The van der Waals surface area contributed by atoms with Crippen LogP contribution in [-0.2, 0) is 6.61 Å². The number of halogens is 1. The Balaban J connectivity index is 1.82. The standard InChI is InChI=1S/C22H20BrNO2/c1-2-25-21-14-18(15-24-19-11-7-4-8-12-19)13-20(23)22(21)26-16-17-9-5-3-6-10-17/h3-15H,2,16H2,1H3. The number of benzene rings is 3. The van der Waals surface area contributed by atoms with Crippen molar-refractivity contribution >= 4 is 27.8 Å². The molecule has 132 valence electrons. The molecule has 0 unspecified atom stereocenters. The van der Waals surface area contributed by atoms with Gasteiger partial charge in [0, 0.05) is 6.21 Å². The Bertz CT molecular complexity index is 864. The third kappa shape index (κ3) is 4.96. The van der Waals surface area contributed by atoms with Crippen LogP contribution in [0.2, 0.25) is 0 Å². The van der Waals surface area contributed by atoms with E-state index in [9.17, 15) is 0 Å². The predicted octanol–water partition coefficient (Wildman–Crippen LogP) is 6.18. The Hall–Kier alpha value is -2.59. The molecule has 0 atom stereocenters. The van der Waals surface area contributed by atoms with Crippen LogP contribution in [0.15, 0.2) is 82.3 Å². The summed E-state index contributed by atoms with van der Waals surface area (Å²) in [7, 11) is 0. The van der Waals surface area contributed by atoms with Crippen molar-refractivity contribution in [2.45, 2.75) is 13.5 Å². The van der Waals surface area contributed by atoms with E-state index in [0.29, 0.717) is 24.7 Å². The van der Waals surface area contributed by atoms with Gasteiger partial charge in [0.2, 0.25) is 0 Å². The number of hydrogen-bond donors (Lipinski definition) is 0. The Labute approximate surface area is 162 Å². The number of hydrogen-bond acceptors (Lipinski definition) is 3. The van der Waals surface area contributed by atoms with E-state index in [2.05, 4.69) is 20.9 Å². The molecule has 3 aromatic rings. The predicted molar refractivity (Wildman–Crippen MR) is 110 cm³/mol. The molecule has 0 spiro atoms. The fourth-order valence-corrected chi connectivity index (χ4v) is 3.03. The Morgan fingerprint density at radius 3 is 2.31 bits per heavy atom. The molecule has 3 nitrogen and oxygen atoms in total. The summed E-state index contributed by atoms with van der Waals surface area (Å²) in [6, 6.07) is 23.8. The summed E-state index contributed by atoms with van der Waals surface area (Å²) in [5.41, 5.74) is 2.96. The Kier molecular flexibility index (Phi) is 6.45. The quantitative estimate of drug-likeness (QED) is 0.436. The van der Waals surface area contributed by atoms with Crippen molar-refractivity contribution in [2.75, 3.05) is 6.61 Å². The zero-order valence-corrected chi connectivity index (χ0v) is 16.1. The molecule has 0 saturated carbocycles. The van der Waals surface area contributed by atoms with Crippen LogP contribution in [-0.4, -0.2) is 12.8 Å². The van der Waals surface area contributed by atoms with Crippen molar-refractivity contribution in [1.29, 1.82) is 0 Å². The van der Waals surface area contributed by atoms with Crippen molar-refractivity contribution in [1.82, 2.24) is 0 Å². The van der Waals surface area contributed by atoms with E-state index in [0.717, 1.165) is 21.3 Å². The lowest BCUT2D eigenvalue weighted by Gasteiger charge is -2.14. The van der Waals surface area contributed by atoms with Crippen LogP contribution in [0.3, 0.4) is 0 Å². The zero-order valence-electron chi connectivity index (χ0n) is 14.6. The third-order valence-corrected chi connectivity index (χ3v) is 4.27. The van der Waals surface area contributed by atoms with E-state index in [1.807, 2.05) is 85.9 Å². The maximum absolute atomic E-state index is 6.01. The molecular formula is C22H20BrNO2. The van der Waals surface area contributed by atoms with Crippen LogP contribution in [0, 0.1) is 0 Å². The van der Waals surface area contributed by atoms with Gasteiger partial charge >= 0.3 is 0 Å². The molecule has 0 N–H and O–H groups in total. The molecule has 0 aliphatic rings. The Morgan fingerprint density at radius 1 is 0.923 bits per heavy atom. The van der Waals surface area contributed by atoms with Crippen LogP contribution in [0.4, 0.5) is 5.69 Å². The lowest BCUT2D eigenvalue weighted by molar-refractivity contribution is 0.267. The maximum Gasteiger partial charge on any atom is 0.175 e. The van der Waals surface area contributed by atoms with E-state index in [4.69, 9.17) is 9.47 Å². The third-order valence-electron chi connectivity index (χ3n) is 3.68. The van der Waals surface area contributed by atoms with E-state index < -0.39 is 0 Å². The highest BCUT2D eigenvalue weighted by molar-refractivity contribution is 9.10. The second-order valence-corrected chi connectivity index (χ2v) is 6.49. The van der Waals surface area contributed by atoms with E-state index in [1.165, 1.54) is 0 Å². The van der Waals surface area contributed by atoms with Gasteiger partial charge in [0.05, 0.1) is 16.8 Å². The zero-order chi connectivity index (χ0) is 18.2. The highest BCUT2D eigenvalue weighted by atomic mass is 79.9. The summed E-state index contributed by atoms with van der Waals surface area (Å²) in [5, 5.41) is 0. The summed E-state index contributed by atoms with van der Waals surface area (Å²) in [6.07, 6.45) is 1.82. The van der Waals surface area contributed by atoms with E-state index in [-0.39, 0.29) is 0 Å². The molecule has 4 heteroatoms. The molecule has 0 fully saturated rings. The molecule has 0 aliphatic heterocycles. The molecule has 3 aromatic carbocycles. The van der Waals surface area contributed by atoms with E-state index >= 15 is 0 Å². The summed E-state index contributed by atoms with van der Waals surface area (Å²) in [5.74, 6) is 1.40. The van der Waals surface area contributed by atoms with Gasteiger partial charge in [0.1, 0.15) is 6.61 Å². The Morgan fingerprint density at radius 2 is 1.62 bits per heavy atom. The number of rotatable bonds is 7. The number of para-hydroxylation sites is 1. The first kappa shape index (κ1) is 18.2. The van der Waals surface area contributed by atoms with Crippen molar-refractivity contribution in [3.63, 3.8) is 0 Å². The average molecular weight is 410 g/mol. The van der Waals surface area contributed by atoms with Crippen molar-refractivity contribution in [2.24, 2.45) is 4.99 Å². The summed E-state index contributed by atoms with van der Waals surface area (Å²) >= 11 is 3.60. The van der Waals surface area contributed by atoms with Crippen LogP contribution >= 0.6 is 15.9 Å². The van der Waals surface area contributed by atoms with Gasteiger partial charge in [-0.1, -0.05) is 48.5 Å². The van der Waals surface area contributed by atoms with Crippen molar-refractivity contribution in [3.8, 4) is 11.5 Å². The van der Waals surface area contributed by atoms with Gasteiger partial charge in [-0.3, -0.25) is 4.99 Å². The summed E-state index contributed by atoms with van der Waals surface area (Å²) in [4.78, 5) is 4.50. The molecule has 0 radical (unpaired) electrons. The highest BCUT2D eigenvalue weighted by Crippen LogP contribution is 2.37. The molecule has 0 bridgehead atoms. The second kappa shape index (κ2) is 9.20. The first-order chi connectivity index (χ1) is 12.8. The minimum Gasteiger partial charge on any atom is -0.490 e. The van der Waals surface area contributed by atoms with Gasteiger partial charge in [-0.15, -0.1) is 0 Å². The molecule has 3 rings (SSSR count). The number of aliphatic imine (C=N–C) groups is 1. The molecule has 0 amide bonds. The van der Waals surface area contributed by atoms with Gasteiger partial charge in [0.25, 0.3) is 0 Å². The first-order valence-electron chi connectivity index (χ1n) is 8.48. The molecule has 0 aliphatic carbocycles. The topological polar surface area (TPSA) is 30.8 Å². The largest absolute Gasteiger partial charge is 0.490 e. The fourth-order valence-electron chi connectivity index (χ4n) is 2.46. The smallest absolute Gasteiger partial charge is 0.175 e. The molecule has 0 aromatic heterocycles. The molecule has 26 heavy (non-hydrogen) atoms. The first-order valence-corrected chi connectivity index (χ1v) is 9.27. The number of nitrogens with zero attached hydrogens (tertiary/aromatic N) is 1. The highest BCUT2D eigenvalue weighted by Gasteiger charge is 2.12. The van der Waals surface area contributed by atoms with Gasteiger partial charge in [-0.05, 0) is 58.2 Å². The number of ether oxygens (including phenoxy) is 2. The minimum absolute atomic E-state index is 0.483. The average Bonchev–Trinajstić information content (AvgIpc) is 2.67. The van der Waals surface area contributed by atoms with Gasteiger partial charge in [0.15, 0.2) is 11.5 Å². The summed E-state index contributed by atoms with van der Waals surface area (Å²) in [6.45, 7) is 3.00. The van der Waals surface area contributed by atoms with Gasteiger partial charge in [-0.2, -0.15) is 0 Å². The lowest BCUT2D eigenvalue weighted by atomic mass is 10.2. The van der Waals surface area contributed by atoms with Crippen LogP contribution in [0.1, 0.15) is 18.1 Å². The molecule has 0 heterocycles. The summed E-state index contributed by atoms with van der Waals surface area (Å²) < 4.78 is 12.6. The minimum atomic E-state index is 0.483. The normalized spacial score (nSPS) is 10.8. The van der Waals surface area contributed by atoms with Gasteiger partial charge in [-0.25, -0.2) is 0 Å². The second-order valence-electron chi connectivity index (χ2n) is 5.63. The SMILES string of the molecule is CCOc1cc(C=Nc2ccccc2)cc(Br)c1OCc1ccccc1. The van der Waals surface area contributed by atoms with Gasteiger partial charge < -0.3 is 9.47 Å². The fraction of sp³-hybridized carbons (Fsp3) is 0.136.